The van der Waals surface area contributed by atoms with Gasteiger partial charge in [-0.25, -0.2) is 19.7 Å². The molecule has 0 unspecified atom stereocenters. The van der Waals surface area contributed by atoms with Gasteiger partial charge in [-0.15, -0.1) is 0 Å². The Labute approximate surface area is 106 Å². The van der Waals surface area contributed by atoms with Gasteiger partial charge < -0.3 is 5.11 Å². The first-order chi connectivity index (χ1) is 8.43. The second kappa shape index (κ2) is 4.56. The maximum atomic E-state index is 13.6. The van der Waals surface area contributed by atoms with Crippen molar-refractivity contribution in [1.29, 1.82) is 0 Å². The lowest BCUT2D eigenvalue weighted by molar-refractivity contribution is 0.0697. The number of benzene rings is 2. The molecule has 94 valence electrons. The second-order valence-corrected chi connectivity index (χ2v) is 5.72. The van der Waals surface area contributed by atoms with Crippen LogP contribution in [0.15, 0.2) is 24.3 Å². The quantitative estimate of drug-likeness (QED) is 0.829. The summed E-state index contributed by atoms with van der Waals surface area (Å²) in [4.78, 5) is 11.1. The molecule has 0 saturated carbocycles. The third kappa shape index (κ3) is 1.94. The van der Waals surface area contributed by atoms with Gasteiger partial charge in [-0.1, -0.05) is 12.1 Å². The Morgan fingerprint density at radius 3 is 2.33 bits per heavy atom. The number of hydrogen-bond acceptors (Lipinski definition) is 3. The number of carbonyl (C=O) groups is 1. The number of aromatic carboxylic acids is 1. The highest BCUT2D eigenvalue weighted by Crippen LogP contribution is 2.32. The summed E-state index contributed by atoms with van der Waals surface area (Å²) < 4.78 is 48.2. The number of hydrogen-bond donors (Lipinski definition) is 1. The van der Waals surface area contributed by atoms with Crippen molar-refractivity contribution >= 4 is 36.5 Å². The SMILES string of the molecule is O=C(O)c1c(I(=O)=O)c(F)cc2c(F)cccc12. The predicted molar refractivity (Wildman–Crippen MR) is 64.9 cm³/mol. The molecule has 0 aliphatic heterocycles. The van der Waals surface area contributed by atoms with Gasteiger partial charge in [0.2, 0.25) is 0 Å². The first-order valence-corrected chi connectivity index (χ1v) is 7.46. The van der Waals surface area contributed by atoms with Gasteiger partial charge in [0.05, 0.1) is 5.56 Å². The van der Waals surface area contributed by atoms with E-state index in [2.05, 4.69) is 0 Å². The first-order valence-electron chi connectivity index (χ1n) is 4.62. The van der Waals surface area contributed by atoms with Crippen LogP contribution in [0.2, 0.25) is 0 Å². The van der Waals surface area contributed by atoms with E-state index in [1.165, 1.54) is 12.1 Å². The van der Waals surface area contributed by atoms with Crippen molar-refractivity contribution in [2.24, 2.45) is 0 Å². The van der Waals surface area contributed by atoms with Crippen molar-refractivity contribution < 1.29 is 24.8 Å². The number of rotatable bonds is 2. The smallest absolute Gasteiger partial charge is 0.344 e. The zero-order valence-electron chi connectivity index (χ0n) is 8.62. The van der Waals surface area contributed by atoms with Gasteiger partial charge in [-0.2, -0.15) is 0 Å². The van der Waals surface area contributed by atoms with E-state index in [0.717, 1.165) is 6.07 Å². The van der Waals surface area contributed by atoms with Crippen LogP contribution in [0.3, 0.4) is 0 Å². The lowest BCUT2D eigenvalue weighted by Crippen LogP contribution is -2.04. The van der Waals surface area contributed by atoms with Crippen molar-refractivity contribution in [3.05, 3.63) is 45.0 Å². The van der Waals surface area contributed by atoms with Gasteiger partial charge in [0.15, 0.2) is 0 Å². The molecule has 2 aromatic rings. The number of carboxylic acids is 1. The van der Waals surface area contributed by atoms with Crippen molar-refractivity contribution in [2.75, 3.05) is 0 Å². The molecule has 0 fully saturated rings. The normalized spacial score (nSPS) is 11.1. The zero-order valence-corrected chi connectivity index (χ0v) is 10.8. The maximum Gasteiger partial charge on any atom is 0.344 e. The van der Waals surface area contributed by atoms with Crippen molar-refractivity contribution in [3.63, 3.8) is 0 Å². The second-order valence-electron chi connectivity index (χ2n) is 3.40. The summed E-state index contributed by atoms with van der Waals surface area (Å²) in [5.74, 6) is -3.65. The van der Waals surface area contributed by atoms with E-state index in [1.807, 2.05) is 0 Å². The molecule has 2 aromatic carbocycles. The van der Waals surface area contributed by atoms with Crippen molar-refractivity contribution in [2.45, 2.75) is 0 Å². The summed E-state index contributed by atoms with van der Waals surface area (Å²) in [6.07, 6.45) is 0. The van der Waals surface area contributed by atoms with Crippen LogP contribution in [-0.2, 0) is 6.14 Å². The van der Waals surface area contributed by atoms with Gasteiger partial charge in [0.1, 0.15) is 15.2 Å². The van der Waals surface area contributed by atoms with Crippen LogP contribution in [-0.4, -0.2) is 11.1 Å². The molecular weight excluding hydrogens is 361 g/mol. The summed E-state index contributed by atoms with van der Waals surface area (Å²) in [6, 6.07) is 4.22. The summed E-state index contributed by atoms with van der Waals surface area (Å²) in [5, 5.41) is 8.60. The van der Waals surface area contributed by atoms with Gasteiger partial charge >= 0.3 is 25.8 Å². The third-order valence-electron chi connectivity index (χ3n) is 2.39. The molecule has 0 aliphatic carbocycles. The predicted octanol–water partition coefficient (Wildman–Crippen LogP) is 3.18. The highest BCUT2D eigenvalue weighted by atomic mass is 127. The molecule has 1 N–H and O–H groups in total. The van der Waals surface area contributed by atoms with Crippen LogP contribution < -0.4 is 0 Å². The molecule has 7 heteroatoms. The summed E-state index contributed by atoms with van der Waals surface area (Å²) in [7, 11) is 0. The van der Waals surface area contributed by atoms with Crippen LogP contribution in [0.25, 0.3) is 10.8 Å². The molecule has 0 saturated heterocycles. The molecule has 0 atom stereocenters. The van der Waals surface area contributed by atoms with E-state index in [1.54, 1.807) is 0 Å². The molecule has 2 rings (SSSR count). The Bertz CT molecular complexity index is 729. The minimum Gasteiger partial charge on any atom is -0.478 e. The van der Waals surface area contributed by atoms with E-state index >= 15 is 0 Å². The molecule has 0 bridgehead atoms. The standard InChI is InChI=1S/C11H5F2IO4/c12-7-3-1-2-5-6(7)4-8(13)10(14(17)18)9(5)11(15)16/h1-4H,(H,15,16). The highest BCUT2D eigenvalue weighted by molar-refractivity contribution is 14.2. The summed E-state index contributed by atoms with van der Waals surface area (Å²) in [5.41, 5.74) is -0.709. The molecule has 0 radical (unpaired) electrons. The first kappa shape index (κ1) is 12.8. The van der Waals surface area contributed by atoms with E-state index in [9.17, 15) is 19.7 Å². The highest BCUT2D eigenvalue weighted by Gasteiger charge is 2.23. The fraction of sp³-hybridized carbons (Fsp3) is 0. The fourth-order valence-electron chi connectivity index (χ4n) is 1.69. The zero-order chi connectivity index (χ0) is 13.4. The number of carboxylic acid groups (broad SMARTS) is 1. The molecule has 0 aromatic heterocycles. The molecule has 0 heterocycles. The van der Waals surface area contributed by atoms with E-state index in [0.29, 0.717) is 6.07 Å². The summed E-state index contributed by atoms with van der Waals surface area (Å²) in [6.45, 7) is 0. The van der Waals surface area contributed by atoms with E-state index in [-0.39, 0.29) is 10.8 Å². The minimum absolute atomic E-state index is 0.132. The average molecular weight is 366 g/mol. The average Bonchev–Trinajstić information content (AvgIpc) is 2.28. The Balaban J connectivity index is 3.09. The van der Waals surface area contributed by atoms with Gasteiger partial charge in [0, 0.05) is 10.8 Å². The van der Waals surface area contributed by atoms with Crippen molar-refractivity contribution in [3.8, 4) is 0 Å². The minimum atomic E-state index is -4.34. The Morgan fingerprint density at radius 1 is 1.11 bits per heavy atom. The van der Waals surface area contributed by atoms with Gasteiger partial charge in [-0.05, 0) is 12.1 Å². The van der Waals surface area contributed by atoms with Gasteiger partial charge in [-0.3, -0.25) is 0 Å². The monoisotopic (exact) mass is 366 g/mol. The Kier molecular flexibility index (Phi) is 3.24. The molecule has 0 amide bonds. The largest absolute Gasteiger partial charge is 0.478 e. The lowest BCUT2D eigenvalue weighted by Gasteiger charge is -2.06. The summed E-state index contributed by atoms with van der Waals surface area (Å²) >= 11 is -4.34. The van der Waals surface area contributed by atoms with E-state index < -0.39 is 46.5 Å². The lowest BCUT2D eigenvalue weighted by atomic mass is 10.0. The number of fused-ring (bicyclic) bond motifs is 1. The maximum absolute atomic E-state index is 13.6. The molecule has 4 nitrogen and oxygen atoms in total. The van der Waals surface area contributed by atoms with Crippen LogP contribution >= 0.6 is 19.8 Å². The Hall–Kier alpha value is -1.64. The van der Waals surface area contributed by atoms with Gasteiger partial charge in [0.25, 0.3) is 0 Å². The van der Waals surface area contributed by atoms with E-state index in [4.69, 9.17) is 5.11 Å². The van der Waals surface area contributed by atoms with Crippen LogP contribution in [0, 0.1) is 15.2 Å². The third-order valence-corrected chi connectivity index (χ3v) is 4.33. The van der Waals surface area contributed by atoms with Crippen LogP contribution in [0.1, 0.15) is 10.4 Å². The van der Waals surface area contributed by atoms with Crippen LogP contribution in [0.5, 0.6) is 0 Å². The van der Waals surface area contributed by atoms with Crippen LogP contribution in [0.4, 0.5) is 8.78 Å². The molecule has 0 spiro atoms. The molecule has 18 heavy (non-hydrogen) atoms. The Morgan fingerprint density at radius 2 is 1.78 bits per heavy atom. The van der Waals surface area contributed by atoms with Crippen molar-refractivity contribution in [1.82, 2.24) is 0 Å². The number of halogens is 3. The molecule has 0 aliphatic rings. The molecular formula is C11H5F2IO4. The topological polar surface area (TPSA) is 71.4 Å². The fourth-order valence-corrected chi connectivity index (χ4v) is 3.23.